The van der Waals surface area contributed by atoms with Crippen LogP contribution < -0.4 is 11.1 Å². The molecule has 17 heavy (non-hydrogen) atoms. The van der Waals surface area contributed by atoms with Gasteiger partial charge in [0.05, 0.1) is 21.9 Å². The van der Waals surface area contributed by atoms with E-state index in [0.717, 1.165) is 0 Å². The van der Waals surface area contributed by atoms with Gasteiger partial charge in [-0.25, -0.2) is 4.39 Å². The maximum Gasteiger partial charge on any atom is 0.196 e. The summed E-state index contributed by atoms with van der Waals surface area (Å²) in [4.78, 5) is 0. The molecule has 2 rings (SSSR count). The molecule has 90 valence electrons. The molecule has 0 saturated carbocycles. The van der Waals surface area contributed by atoms with Crippen molar-refractivity contribution in [2.24, 2.45) is 0 Å². The number of nitrogens with one attached hydrogen (secondary N) is 2. The van der Waals surface area contributed by atoms with Crippen LogP contribution in [0.25, 0.3) is 0 Å². The molecule has 0 saturated heterocycles. The van der Waals surface area contributed by atoms with E-state index in [1.807, 2.05) is 6.92 Å². The third kappa shape index (κ3) is 2.52. The van der Waals surface area contributed by atoms with Gasteiger partial charge in [-0.05, 0) is 28.9 Å². The van der Waals surface area contributed by atoms with E-state index in [9.17, 15) is 4.39 Å². The number of H-pyrrole nitrogens is 1. The van der Waals surface area contributed by atoms with Crippen molar-refractivity contribution < 1.29 is 4.39 Å². The number of rotatable bonds is 3. The minimum absolute atomic E-state index is 0.187. The molecule has 1 heterocycles. The Balaban J connectivity index is 2.22. The van der Waals surface area contributed by atoms with Gasteiger partial charge < -0.3 is 11.1 Å². The zero-order valence-electron chi connectivity index (χ0n) is 8.91. The lowest BCUT2D eigenvalue weighted by Crippen LogP contribution is -2.10. The van der Waals surface area contributed by atoms with Gasteiger partial charge in [0.2, 0.25) is 0 Å². The van der Waals surface area contributed by atoms with E-state index >= 15 is 0 Å². The molecule has 1 aromatic heterocycles. The lowest BCUT2D eigenvalue weighted by molar-refractivity contribution is 0.622. The Hall–Kier alpha value is -1.70. The average Bonchev–Trinajstić information content (AvgIpc) is 2.79. The zero-order chi connectivity index (χ0) is 12.4. The molecule has 0 spiro atoms. The molecule has 0 bridgehead atoms. The lowest BCUT2D eigenvalue weighted by Gasteiger charge is -2.14. The molecule has 0 amide bonds. The zero-order valence-corrected chi connectivity index (χ0v) is 10.5. The molecule has 2 aromatic rings. The molecule has 1 unspecified atom stereocenters. The third-order valence-corrected chi connectivity index (χ3v) is 2.82. The van der Waals surface area contributed by atoms with Crippen molar-refractivity contribution in [3.05, 3.63) is 28.2 Å². The fourth-order valence-electron chi connectivity index (χ4n) is 1.34. The van der Waals surface area contributed by atoms with Crippen LogP contribution in [-0.4, -0.2) is 20.6 Å². The van der Waals surface area contributed by atoms with Gasteiger partial charge in [-0.3, -0.25) is 0 Å². The van der Waals surface area contributed by atoms with Crippen LogP contribution in [-0.2, 0) is 0 Å². The van der Waals surface area contributed by atoms with Crippen LogP contribution in [0.1, 0.15) is 18.8 Å². The van der Waals surface area contributed by atoms with Crippen LogP contribution in [0.2, 0.25) is 0 Å². The number of halogens is 2. The molecular formula is C9H10BrFN6. The van der Waals surface area contributed by atoms with Crippen LogP contribution in [0.4, 0.5) is 15.8 Å². The van der Waals surface area contributed by atoms with Crippen LogP contribution >= 0.6 is 15.9 Å². The monoisotopic (exact) mass is 300 g/mol. The highest BCUT2D eigenvalue weighted by atomic mass is 79.9. The van der Waals surface area contributed by atoms with Gasteiger partial charge in [0.15, 0.2) is 5.82 Å². The van der Waals surface area contributed by atoms with Gasteiger partial charge in [0, 0.05) is 6.07 Å². The number of aromatic nitrogens is 4. The Kier molecular flexibility index (Phi) is 3.23. The van der Waals surface area contributed by atoms with Crippen molar-refractivity contribution >= 4 is 27.3 Å². The summed E-state index contributed by atoms with van der Waals surface area (Å²) in [5.41, 5.74) is 6.63. The van der Waals surface area contributed by atoms with E-state index < -0.39 is 5.82 Å². The molecule has 1 aromatic carbocycles. The van der Waals surface area contributed by atoms with E-state index in [0.29, 0.717) is 21.7 Å². The maximum absolute atomic E-state index is 13.2. The van der Waals surface area contributed by atoms with Crippen molar-refractivity contribution in [1.29, 1.82) is 0 Å². The predicted molar refractivity (Wildman–Crippen MR) is 64.7 cm³/mol. The highest BCUT2D eigenvalue weighted by Gasteiger charge is 2.13. The molecule has 0 radical (unpaired) electrons. The van der Waals surface area contributed by atoms with Gasteiger partial charge >= 0.3 is 0 Å². The van der Waals surface area contributed by atoms with Gasteiger partial charge in [0.25, 0.3) is 0 Å². The first-order valence-electron chi connectivity index (χ1n) is 4.82. The predicted octanol–water partition coefficient (Wildman–Crippen LogP) is 1.86. The Morgan fingerprint density at radius 1 is 1.53 bits per heavy atom. The van der Waals surface area contributed by atoms with Crippen LogP contribution in [0.15, 0.2) is 16.6 Å². The van der Waals surface area contributed by atoms with Crippen LogP contribution in [0.3, 0.4) is 0 Å². The lowest BCUT2D eigenvalue weighted by atomic mass is 10.2. The molecule has 0 aliphatic carbocycles. The Morgan fingerprint density at radius 2 is 2.29 bits per heavy atom. The maximum atomic E-state index is 13.2. The Morgan fingerprint density at radius 3 is 2.94 bits per heavy atom. The highest BCUT2D eigenvalue weighted by molar-refractivity contribution is 9.10. The van der Waals surface area contributed by atoms with E-state index in [4.69, 9.17) is 5.73 Å². The molecule has 6 nitrogen and oxygen atoms in total. The Labute approximate surface area is 105 Å². The van der Waals surface area contributed by atoms with E-state index in [1.165, 1.54) is 6.07 Å². The first-order chi connectivity index (χ1) is 8.08. The van der Waals surface area contributed by atoms with Crippen molar-refractivity contribution in [3.8, 4) is 0 Å². The normalized spacial score (nSPS) is 12.4. The first kappa shape index (κ1) is 11.8. The molecule has 4 N–H and O–H groups in total. The summed E-state index contributed by atoms with van der Waals surface area (Å²) in [5.74, 6) is 0.102. The second kappa shape index (κ2) is 4.66. The first-order valence-corrected chi connectivity index (χ1v) is 5.61. The number of hydrogen-bond donors (Lipinski definition) is 3. The topological polar surface area (TPSA) is 92.5 Å². The standard InChI is InChI=1S/C9H10BrFN6/c1-4(9-14-16-17-15-9)13-8-2-5(10)6(11)3-7(8)12/h2-4,13H,12H2,1H3,(H,14,15,16,17). The van der Waals surface area contributed by atoms with Crippen LogP contribution in [0, 0.1) is 5.82 Å². The summed E-state index contributed by atoms with van der Waals surface area (Å²) in [6, 6.07) is 2.63. The summed E-state index contributed by atoms with van der Waals surface area (Å²) in [6.07, 6.45) is 0. The van der Waals surface area contributed by atoms with Crippen molar-refractivity contribution in [3.63, 3.8) is 0 Å². The van der Waals surface area contributed by atoms with E-state index in [-0.39, 0.29) is 6.04 Å². The molecule has 0 aliphatic rings. The molecule has 0 aliphatic heterocycles. The second-order valence-corrected chi connectivity index (χ2v) is 4.34. The minimum atomic E-state index is -0.403. The quantitative estimate of drug-likeness (QED) is 0.752. The fraction of sp³-hybridized carbons (Fsp3) is 0.222. The van der Waals surface area contributed by atoms with Crippen LogP contribution in [0.5, 0.6) is 0 Å². The number of nitrogens with two attached hydrogens (primary N) is 1. The van der Waals surface area contributed by atoms with Crippen molar-refractivity contribution in [2.45, 2.75) is 13.0 Å². The number of nitrogens with zero attached hydrogens (tertiary/aromatic N) is 3. The summed E-state index contributed by atoms with van der Waals surface area (Å²) in [5, 5.41) is 16.6. The van der Waals surface area contributed by atoms with Crippen molar-refractivity contribution in [1.82, 2.24) is 20.6 Å². The smallest absolute Gasteiger partial charge is 0.196 e. The summed E-state index contributed by atoms with van der Waals surface area (Å²) in [7, 11) is 0. The summed E-state index contributed by atoms with van der Waals surface area (Å²) >= 11 is 3.10. The van der Waals surface area contributed by atoms with Gasteiger partial charge in [-0.1, -0.05) is 5.21 Å². The van der Waals surface area contributed by atoms with Gasteiger partial charge in [-0.15, -0.1) is 10.2 Å². The number of nitrogen functional groups attached to an aromatic ring is 1. The van der Waals surface area contributed by atoms with E-state index in [2.05, 4.69) is 41.9 Å². The number of benzene rings is 1. The largest absolute Gasteiger partial charge is 0.397 e. The van der Waals surface area contributed by atoms with E-state index in [1.54, 1.807) is 6.07 Å². The number of hydrogen-bond acceptors (Lipinski definition) is 5. The minimum Gasteiger partial charge on any atom is -0.397 e. The summed E-state index contributed by atoms with van der Waals surface area (Å²) in [6.45, 7) is 1.85. The molecule has 8 heteroatoms. The number of tetrazole rings is 1. The highest BCUT2D eigenvalue weighted by Crippen LogP contribution is 2.28. The third-order valence-electron chi connectivity index (χ3n) is 2.21. The molecular weight excluding hydrogens is 291 g/mol. The fourth-order valence-corrected chi connectivity index (χ4v) is 1.68. The average molecular weight is 301 g/mol. The Bertz CT molecular complexity index is 514. The SMILES string of the molecule is CC(Nc1cc(Br)c(F)cc1N)c1nn[nH]n1. The second-order valence-electron chi connectivity index (χ2n) is 3.49. The number of anilines is 2. The van der Waals surface area contributed by atoms with Gasteiger partial charge in [0.1, 0.15) is 5.82 Å². The number of aromatic amines is 1. The summed E-state index contributed by atoms with van der Waals surface area (Å²) < 4.78 is 13.5. The van der Waals surface area contributed by atoms with Gasteiger partial charge in [-0.2, -0.15) is 5.21 Å². The molecule has 1 atom stereocenters. The van der Waals surface area contributed by atoms with Crippen molar-refractivity contribution in [2.75, 3.05) is 11.1 Å². The molecule has 0 fully saturated rings.